The van der Waals surface area contributed by atoms with Crippen LogP contribution in [0.25, 0.3) is 0 Å². The average Bonchev–Trinajstić information content (AvgIpc) is 2.85. The minimum absolute atomic E-state index is 0.182. The monoisotopic (exact) mass is 356 g/mol. The molecule has 0 aliphatic heterocycles. The Kier molecular flexibility index (Phi) is 5.57. The molecule has 2 rings (SSSR count). The van der Waals surface area contributed by atoms with Crippen molar-refractivity contribution < 1.29 is 0 Å². The Hall–Kier alpha value is -0.910. The van der Waals surface area contributed by atoms with Crippen LogP contribution in [0.3, 0.4) is 0 Å². The van der Waals surface area contributed by atoms with Crippen LogP contribution in [0, 0.1) is 0 Å². The van der Waals surface area contributed by atoms with Crippen LogP contribution in [0.2, 0.25) is 5.02 Å². The molecule has 0 saturated heterocycles. The van der Waals surface area contributed by atoms with Crippen molar-refractivity contribution in [1.82, 2.24) is 20.1 Å². The van der Waals surface area contributed by atoms with Crippen molar-refractivity contribution in [3.63, 3.8) is 0 Å². The number of rotatable bonds is 6. The van der Waals surface area contributed by atoms with Crippen LogP contribution in [0.5, 0.6) is 0 Å². The molecule has 1 aromatic heterocycles. The molecule has 0 fully saturated rings. The zero-order valence-electron chi connectivity index (χ0n) is 11.6. The zero-order valence-corrected chi connectivity index (χ0v) is 13.9. The quantitative estimate of drug-likeness (QED) is 0.859. The predicted molar refractivity (Wildman–Crippen MR) is 85.0 cm³/mol. The Balaban J connectivity index is 2.27. The average molecular weight is 358 g/mol. The molecule has 0 aliphatic carbocycles. The van der Waals surface area contributed by atoms with Gasteiger partial charge in [0.25, 0.3) is 0 Å². The number of hydrogen-bond acceptors (Lipinski definition) is 3. The molecule has 1 N–H and O–H groups in total. The van der Waals surface area contributed by atoms with Gasteiger partial charge in [-0.2, -0.15) is 5.10 Å². The summed E-state index contributed by atoms with van der Waals surface area (Å²) in [5.41, 5.74) is 1.18. The van der Waals surface area contributed by atoms with E-state index in [0.717, 1.165) is 34.8 Å². The Morgan fingerprint density at radius 1 is 1.40 bits per heavy atom. The molecule has 0 spiro atoms. The van der Waals surface area contributed by atoms with Crippen molar-refractivity contribution in [2.75, 3.05) is 6.54 Å². The summed E-state index contributed by atoms with van der Waals surface area (Å²) in [6, 6.07) is 6.07. The standard InChI is InChI=1S/C14H18BrClN4/c1-3-17-13(8-14-18-9-19-20(14)4-2)11-6-5-10(16)7-12(11)15/h5-7,9,13,17H,3-4,8H2,1-2H3. The minimum Gasteiger partial charge on any atom is -0.310 e. The van der Waals surface area contributed by atoms with E-state index in [1.54, 1.807) is 6.33 Å². The van der Waals surface area contributed by atoms with Gasteiger partial charge in [0.05, 0.1) is 0 Å². The number of aromatic nitrogens is 3. The molecule has 6 heteroatoms. The number of hydrogen-bond donors (Lipinski definition) is 1. The highest BCUT2D eigenvalue weighted by Crippen LogP contribution is 2.28. The second kappa shape index (κ2) is 7.20. The summed E-state index contributed by atoms with van der Waals surface area (Å²) in [5, 5.41) is 8.45. The van der Waals surface area contributed by atoms with E-state index in [1.165, 1.54) is 5.56 Å². The van der Waals surface area contributed by atoms with Crippen LogP contribution in [0.4, 0.5) is 0 Å². The molecular formula is C14H18BrClN4. The Morgan fingerprint density at radius 2 is 2.20 bits per heavy atom. The number of aryl methyl sites for hydroxylation is 1. The van der Waals surface area contributed by atoms with Gasteiger partial charge >= 0.3 is 0 Å². The largest absolute Gasteiger partial charge is 0.310 e. The smallest absolute Gasteiger partial charge is 0.138 e. The molecule has 2 aromatic rings. The summed E-state index contributed by atoms with van der Waals surface area (Å²) < 4.78 is 2.94. The molecular weight excluding hydrogens is 340 g/mol. The van der Waals surface area contributed by atoms with E-state index in [0.29, 0.717) is 0 Å². The summed E-state index contributed by atoms with van der Waals surface area (Å²) >= 11 is 9.60. The normalized spacial score (nSPS) is 12.6. The third kappa shape index (κ3) is 3.59. The number of likely N-dealkylation sites (N-methyl/N-ethyl adjacent to an activating group) is 1. The first-order valence-corrected chi connectivity index (χ1v) is 7.87. The van der Waals surface area contributed by atoms with E-state index in [2.05, 4.69) is 45.2 Å². The molecule has 0 amide bonds. The van der Waals surface area contributed by atoms with E-state index >= 15 is 0 Å². The molecule has 108 valence electrons. The number of nitrogens with zero attached hydrogens (tertiary/aromatic N) is 3. The molecule has 0 saturated carbocycles. The topological polar surface area (TPSA) is 42.7 Å². The maximum Gasteiger partial charge on any atom is 0.138 e. The zero-order chi connectivity index (χ0) is 14.5. The number of halogens is 2. The Morgan fingerprint density at radius 3 is 2.85 bits per heavy atom. The van der Waals surface area contributed by atoms with Gasteiger partial charge in [0.15, 0.2) is 0 Å². The van der Waals surface area contributed by atoms with Gasteiger partial charge in [0.1, 0.15) is 12.2 Å². The van der Waals surface area contributed by atoms with Gasteiger partial charge in [-0.15, -0.1) is 0 Å². The van der Waals surface area contributed by atoms with Crippen molar-refractivity contribution in [1.29, 1.82) is 0 Å². The number of nitrogens with one attached hydrogen (secondary N) is 1. The lowest BCUT2D eigenvalue weighted by Gasteiger charge is -2.19. The van der Waals surface area contributed by atoms with Crippen molar-refractivity contribution in [3.8, 4) is 0 Å². The molecule has 1 atom stereocenters. The van der Waals surface area contributed by atoms with Crippen LogP contribution in [-0.2, 0) is 13.0 Å². The summed E-state index contributed by atoms with van der Waals surface area (Å²) in [6.45, 7) is 5.88. The Labute approximate surface area is 132 Å². The van der Waals surface area contributed by atoms with E-state index in [9.17, 15) is 0 Å². The van der Waals surface area contributed by atoms with Gasteiger partial charge in [-0.3, -0.25) is 4.68 Å². The SMILES string of the molecule is CCNC(Cc1ncnn1CC)c1ccc(Cl)cc1Br. The van der Waals surface area contributed by atoms with Gasteiger partial charge in [-0.1, -0.05) is 40.5 Å². The molecule has 20 heavy (non-hydrogen) atoms. The molecule has 0 bridgehead atoms. The van der Waals surface area contributed by atoms with E-state index in [-0.39, 0.29) is 6.04 Å². The Bertz CT molecular complexity index is 570. The third-order valence-corrected chi connectivity index (χ3v) is 4.09. The predicted octanol–water partition coefficient (Wildman–Crippen LogP) is 3.61. The van der Waals surface area contributed by atoms with Crippen LogP contribution >= 0.6 is 27.5 Å². The van der Waals surface area contributed by atoms with Crippen molar-refractivity contribution in [3.05, 3.63) is 45.4 Å². The van der Waals surface area contributed by atoms with Gasteiger partial charge in [-0.25, -0.2) is 4.98 Å². The highest BCUT2D eigenvalue weighted by Gasteiger charge is 2.17. The molecule has 1 unspecified atom stereocenters. The first-order valence-electron chi connectivity index (χ1n) is 6.70. The van der Waals surface area contributed by atoms with Crippen LogP contribution in [0.1, 0.15) is 31.3 Å². The second-order valence-electron chi connectivity index (χ2n) is 4.47. The summed E-state index contributed by atoms with van der Waals surface area (Å²) in [6.07, 6.45) is 2.40. The second-order valence-corrected chi connectivity index (χ2v) is 5.76. The maximum atomic E-state index is 6.01. The van der Waals surface area contributed by atoms with E-state index in [4.69, 9.17) is 11.6 Å². The lowest BCUT2D eigenvalue weighted by molar-refractivity contribution is 0.508. The first kappa shape index (κ1) is 15.5. The maximum absolute atomic E-state index is 6.01. The highest BCUT2D eigenvalue weighted by atomic mass is 79.9. The van der Waals surface area contributed by atoms with Crippen LogP contribution < -0.4 is 5.32 Å². The summed E-state index contributed by atoms with van der Waals surface area (Å²) in [4.78, 5) is 4.35. The molecule has 1 heterocycles. The summed E-state index contributed by atoms with van der Waals surface area (Å²) in [5.74, 6) is 0.986. The van der Waals surface area contributed by atoms with E-state index in [1.807, 2.05) is 22.9 Å². The van der Waals surface area contributed by atoms with Gasteiger partial charge < -0.3 is 5.32 Å². The van der Waals surface area contributed by atoms with Gasteiger partial charge in [0.2, 0.25) is 0 Å². The van der Waals surface area contributed by atoms with Crippen molar-refractivity contribution in [2.45, 2.75) is 32.9 Å². The fourth-order valence-corrected chi connectivity index (χ4v) is 3.17. The highest BCUT2D eigenvalue weighted by molar-refractivity contribution is 9.10. The molecule has 0 aliphatic rings. The van der Waals surface area contributed by atoms with E-state index < -0.39 is 0 Å². The van der Waals surface area contributed by atoms with Crippen LogP contribution in [0.15, 0.2) is 29.0 Å². The molecule has 1 aromatic carbocycles. The lowest BCUT2D eigenvalue weighted by atomic mass is 10.0. The van der Waals surface area contributed by atoms with Crippen molar-refractivity contribution in [2.24, 2.45) is 0 Å². The van der Waals surface area contributed by atoms with Crippen molar-refractivity contribution >= 4 is 27.5 Å². The molecule has 0 radical (unpaired) electrons. The first-order chi connectivity index (χ1) is 9.65. The third-order valence-electron chi connectivity index (χ3n) is 3.17. The molecule has 4 nitrogen and oxygen atoms in total. The van der Waals surface area contributed by atoms with Gasteiger partial charge in [-0.05, 0) is 31.2 Å². The van der Waals surface area contributed by atoms with Crippen LogP contribution in [-0.4, -0.2) is 21.3 Å². The minimum atomic E-state index is 0.182. The summed E-state index contributed by atoms with van der Waals surface area (Å²) in [7, 11) is 0. The number of benzene rings is 1. The fraction of sp³-hybridized carbons (Fsp3) is 0.429. The fourth-order valence-electron chi connectivity index (χ4n) is 2.22. The van der Waals surface area contributed by atoms with Gasteiger partial charge in [0, 0.05) is 28.5 Å². The lowest BCUT2D eigenvalue weighted by Crippen LogP contribution is -2.24.